The average molecular weight is 275 g/mol. The van der Waals surface area contributed by atoms with Crippen LogP contribution in [0.4, 0.5) is 0 Å². The van der Waals surface area contributed by atoms with Gasteiger partial charge in [0.15, 0.2) is 0 Å². The highest BCUT2D eigenvalue weighted by Crippen LogP contribution is 2.23. The third-order valence-corrected chi connectivity index (χ3v) is 3.48. The second kappa shape index (κ2) is 5.61. The number of hydrogen-bond acceptors (Lipinski definition) is 3. The molecule has 0 saturated carbocycles. The Morgan fingerprint density at radius 1 is 1.30 bits per heavy atom. The van der Waals surface area contributed by atoms with Crippen molar-refractivity contribution >= 4 is 11.8 Å². The number of pyridine rings is 1. The molecule has 2 amide bonds. The minimum Gasteiger partial charge on any atom is -0.342 e. The Morgan fingerprint density at radius 2 is 1.95 bits per heavy atom. The normalized spacial score (nSPS) is 19.9. The van der Waals surface area contributed by atoms with E-state index in [0.717, 1.165) is 12.0 Å². The second-order valence-corrected chi connectivity index (χ2v) is 6.23. The maximum Gasteiger partial charge on any atom is 0.246 e. The molecule has 0 spiro atoms. The van der Waals surface area contributed by atoms with Crippen molar-refractivity contribution in [1.29, 1.82) is 0 Å². The summed E-state index contributed by atoms with van der Waals surface area (Å²) in [6, 6.07) is 3.41. The van der Waals surface area contributed by atoms with Crippen molar-refractivity contribution < 1.29 is 9.59 Å². The average Bonchev–Trinajstić information content (AvgIpc) is 2.39. The van der Waals surface area contributed by atoms with Crippen LogP contribution >= 0.6 is 0 Å². The summed E-state index contributed by atoms with van der Waals surface area (Å²) in [7, 11) is 0. The molecule has 1 aliphatic rings. The predicted molar refractivity (Wildman–Crippen MR) is 75.9 cm³/mol. The molecule has 1 N–H and O–H groups in total. The molecule has 1 aliphatic heterocycles. The van der Waals surface area contributed by atoms with E-state index in [1.54, 1.807) is 17.3 Å². The van der Waals surface area contributed by atoms with Crippen molar-refractivity contribution in [3.05, 3.63) is 30.1 Å². The van der Waals surface area contributed by atoms with Gasteiger partial charge in [-0.25, -0.2) is 0 Å². The van der Waals surface area contributed by atoms with E-state index in [4.69, 9.17) is 0 Å². The molecule has 1 unspecified atom stereocenters. The first-order valence-electron chi connectivity index (χ1n) is 6.85. The lowest BCUT2D eigenvalue weighted by Crippen LogP contribution is -2.62. The highest BCUT2D eigenvalue weighted by Gasteiger charge is 2.39. The van der Waals surface area contributed by atoms with Gasteiger partial charge in [0.25, 0.3) is 0 Å². The van der Waals surface area contributed by atoms with E-state index in [0.29, 0.717) is 6.54 Å². The quantitative estimate of drug-likeness (QED) is 0.895. The van der Waals surface area contributed by atoms with Crippen molar-refractivity contribution in [3.63, 3.8) is 0 Å². The molecule has 0 aliphatic carbocycles. The summed E-state index contributed by atoms with van der Waals surface area (Å²) >= 11 is 0. The SMILES string of the molecule is CC(C)(C)C1NC(=O)CN(CCc2ccncc2)C1=O. The van der Waals surface area contributed by atoms with Crippen LogP contribution < -0.4 is 5.32 Å². The Bertz CT molecular complexity index is 494. The van der Waals surface area contributed by atoms with Gasteiger partial charge in [-0.3, -0.25) is 14.6 Å². The number of nitrogens with zero attached hydrogens (tertiary/aromatic N) is 2. The minimum atomic E-state index is -0.443. The molecule has 1 atom stereocenters. The summed E-state index contributed by atoms with van der Waals surface area (Å²) < 4.78 is 0. The number of piperazine rings is 1. The molecular weight excluding hydrogens is 254 g/mol. The summed E-state index contributed by atoms with van der Waals surface area (Å²) in [5.74, 6) is -0.0783. The van der Waals surface area contributed by atoms with Crippen molar-refractivity contribution in [1.82, 2.24) is 15.2 Å². The Balaban J connectivity index is 2.03. The summed E-state index contributed by atoms with van der Waals surface area (Å²) in [6.07, 6.45) is 4.20. The molecule has 5 heteroatoms. The molecule has 1 fully saturated rings. The van der Waals surface area contributed by atoms with Crippen LogP contribution in [0.15, 0.2) is 24.5 Å². The molecule has 108 valence electrons. The van der Waals surface area contributed by atoms with Gasteiger partial charge in [-0.2, -0.15) is 0 Å². The van der Waals surface area contributed by atoms with Gasteiger partial charge < -0.3 is 10.2 Å². The lowest BCUT2D eigenvalue weighted by Gasteiger charge is -2.38. The number of rotatable bonds is 3. The number of hydrogen-bond donors (Lipinski definition) is 1. The van der Waals surface area contributed by atoms with Gasteiger partial charge >= 0.3 is 0 Å². The van der Waals surface area contributed by atoms with E-state index in [1.165, 1.54) is 0 Å². The van der Waals surface area contributed by atoms with Gasteiger partial charge in [-0.05, 0) is 29.5 Å². The Morgan fingerprint density at radius 3 is 2.55 bits per heavy atom. The van der Waals surface area contributed by atoms with Gasteiger partial charge in [-0.1, -0.05) is 20.8 Å². The maximum atomic E-state index is 12.4. The van der Waals surface area contributed by atoms with Gasteiger partial charge in [0, 0.05) is 18.9 Å². The van der Waals surface area contributed by atoms with Gasteiger partial charge in [0.05, 0.1) is 6.54 Å². The van der Waals surface area contributed by atoms with Crippen LogP contribution in [0.1, 0.15) is 26.3 Å². The fourth-order valence-electron chi connectivity index (χ4n) is 2.29. The van der Waals surface area contributed by atoms with Crippen molar-refractivity contribution in [2.45, 2.75) is 33.2 Å². The molecule has 1 saturated heterocycles. The van der Waals surface area contributed by atoms with E-state index in [1.807, 2.05) is 32.9 Å². The molecule has 1 aromatic heterocycles. The number of carbonyl (C=O) groups excluding carboxylic acids is 2. The van der Waals surface area contributed by atoms with Crippen molar-refractivity contribution in [2.24, 2.45) is 5.41 Å². The highest BCUT2D eigenvalue weighted by atomic mass is 16.2. The molecule has 2 heterocycles. The topological polar surface area (TPSA) is 62.3 Å². The Kier molecular flexibility index (Phi) is 4.06. The molecule has 0 bridgehead atoms. The van der Waals surface area contributed by atoms with Crippen LogP contribution in [0.2, 0.25) is 0 Å². The first-order chi connectivity index (χ1) is 9.38. The van der Waals surface area contributed by atoms with Crippen LogP contribution in [0.3, 0.4) is 0 Å². The summed E-state index contributed by atoms with van der Waals surface area (Å²) in [5, 5.41) is 2.79. The molecule has 5 nitrogen and oxygen atoms in total. The van der Waals surface area contributed by atoms with Crippen LogP contribution in [0.5, 0.6) is 0 Å². The van der Waals surface area contributed by atoms with E-state index in [9.17, 15) is 9.59 Å². The van der Waals surface area contributed by atoms with Crippen molar-refractivity contribution in [2.75, 3.05) is 13.1 Å². The van der Waals surface area contributed by atoms with E-state index in [2.05, 4.69) is 10.3 Å². The summed E-state index contributed by atoms with van der Waals surface area (Å²) in [6.45, 7) is 6.59. The van der Waals surface area contributed by atoms with Crippen LogP contribution in [0, 0.1) is 5.41 Å². The van der Waals surface area contributed by atoms with E-state index in [-0.39, 0.29) is 23.8 Å². The summed E-state index contributed by atoms with van der Waals surface area (Å²) in [5.41, 5.74) is 0.841. The lowest BCUT2D eigenvalue weighted by molar-refractivity contribution is -0.147. The highest BCUT2D eigenvalue weighted by molar-refractivity contribution is 5.95. The molecule has 20 heavy (non-hydrogen) atoms. The largest absolute Gasteiger partial charge is 0.342 e. The molecule has 0 radical (unpaired) electrons. The van der Waals surface area contributed by atoms with Gasteiger partial charge in [-0.15, -0.1) is 0 Å². The maximum absolute atomic E-state index is 12.4. The zero-order valence-electron chi connectivity index (χ0n) is 12.2. The number of amides is 2. The zero-order chi connectivity index (χ0) is 14.8. The Labute approximate surface area is 119 Å². The monoisotopic (exact) mass is 275 g/mol. The zero-order valence-corrected chi connectivity index (χ0v) is 12.2. The van der Waals surface area contributed by atoms with E-state index < -0.39 is 6.04 Å². The fraction of sp³-hybridized carbons (Fsp3) is 0.533. The van der Waals surface area contributed by atoms with E-state index >= 15 is 0 Å². The number of nitrogens with one attached hydrogen (secondary N) is 1. The predicted octanol–water partition coefficient (Wildman–Crippen LogP) is 0.997. The molecule has 1 aromatic rings. The Hall–Kier alpha value is -1.91. The van der Waals surface area contributed by atoms with Crippen LogP contribution in [-0.2, 0) is 16.0 Å². The first-order valence-corrected chi connectivity index (χ1v) is 6.85. The smallest absolute Gasteiger partial charge is 0.246 e. The fourth-order valence-corrected chi connectivity index (χ4v) is 2.29. The molecule has 2 rings (SSSR count). The first kappa shape index (κ1) is 14.5. The second-order valence-electron chi connectivity index (χ2n) is 6.23. The third-order valence-electron chi connectivity index (χ3n) is 3.48. The molecule has 0 aromatic carbocycles. The van der Waals surface area contributed by atoms with Gasteiger partial charge in [0.2, 0.25) is 11.8 Å². The van der Waals surface area contributed by atoms with Gasteiger partial charge in [0.1, 0.15) is 6.04 Å². The van der Waals surface area contributed by atoms with Crippen molar-refractivity contribution in [3.8, 4) is 0 Å². The lowest BCUT2D eigenvalue weighted by atomic mass is 9.84. The number of carbonyl (C=O) groups is 2. The van der Waals surface area contributed by atoms with Crippen LogP contribution in [-0.4, -0.2) is 40.8 Å². The third kappa shape index (κ3) is 3.35. The standard InChI is InChI=1S/C15H21N3O2/c1-15(2,3)13-14(20)18(10-12(19)17-13)9-6-11-4-7-16-8-5-11/h4-5,7-8,13H,6,9-10H2,1-3H3,(H,17,19). The molecular formula is C15H21N3O2. The van der Waals surface area contributed by atoms with Crippen LogP contribution in [0.25, 0.3) is 0 Å². The minimum absolute atomic E-state index is 0.00570. The number of aromatic nitrogens is 1. The summed E-state index contributed by atoms with van der Waals surface area (Å²) in [4.78, 5) is 29.8.